The minimum Gasteiger partial charge on any atom is -0.493 e. The summed E-state index contributed by atoms with van der Waals surface area (Å²) in [5, 5.41) is 12.4. The molecule has 1 atom stereocenters. The number of anilines is 2. The molecule has 31 heavy (non-hydrogen) atoms. The van der Waals surface area contributed by atoms with Gasteiger partial charge in [-0.15, -0.1) is 0 Å². The van der Waals surface area contributed by atoms with Gasteiger partial charge in [0, 0.05) is 31.7 Å². The summed E-state index contributed by atoms with van der Waals surface area (Å²) in [4.78, 5) is 33.8. The molecule has 2 saturated heterocycles. The predicted octanol–water partition coefficient (Wildman–Crippen LogP) is 2.39. The molecule has 1 aromatic heterocycles. The highest BCUT2D eigenvalue weighted by Crippen LogP contribution is 2.44. The highest BCUT2D eigenvalue weighted by Gasteiger charge is 2.51. The van der Waals surface area contributed by atoms with E-state index in [4.69, 9.17) is 4.74 Å². The predicted molar refractivity (Wildman–Crippen MR) is 115 cm³/mol. The maximum Gasteiger partial charge on any atom is 0.411 e. The number of aliphatic hydroxyl groups excluding tert-OH is 1. The fraction of sp³-hybridized carbons (Fsp3) is 0.682. The lowest BCUT2D eigenvalue weighted by molar-refractivity contribution is -0.139. The van der Waals surface area contributed by atoms with Crippen molar-refractivity contribution in [2.45, 2.75) is 57.1 Å². The first-order valence-electron chi connectivity index (χ1n) is 11.1. The van der Waals surface area contributed by atoms with Crippen LogP contribution in [0.2, 0.25) is 0 Å². The van der Waals surface area contributed by atoms with E-state index in [0.29, 0.717) is 23.8 Å². The van der Waals surface area contributed by atoms with E-state index in [1.54, 1.807) is 19.4 Å². The number of aliphatic hydroxyl groups is 1. The van der Waals surface area contributed by atoms with E-state index in [1.165, 1.54) is 7.11 Å². The minimum absolute atomic E-state index is 0.219. The quantitative estimate of drug-likeness (QED) is 0.753. The molecule has 1 spiro atoms. The van der Waals surface area contributed by atoms with Crippen molar-refractivity contribution in [3.05, 3.63) is 12.3 Å². The van der Waals surface area contributed by atoms with Gasteiger partial charge in [0.05, 0.1) is 37.6 Å². The zero-order valence-electron chi connectivity index (χ0n) is 18.3. The SMILES string of the molecule is COC(=O)Nc1cnc(N2CCC[C@@]3(CCN([C@H]4CC[C@@H](O)CC4)C3=O)C2)c(OC)c1. The van der Waals surface area contributed by atoms with Crippen LogP contribution in [-0.4, -0.2) is 73.0 Å². The average molecular weight is 433 g/mol. The Hall–Kier alpha value is -2.55. The van der Waals surface area contributed by atoms with Gasteiger partial charge in [0.15, 0.2) is 11.6 Å². The van der Waals surface area contributed by atoms with Gasteiger partial charge in [0.25, 0.3) is 0 Å². The second-order valence-electron chi connectivity index (χ2n) is 8.88. The molecule has 2 amide bonds. The number of aromatic nitrogens is 1. The van der Waals surface area contributed by atoms with Crippen LogP contribution in [0.25, 0.3) is 0 Å². The Morgan fingerprint density at radius 2 is 2.00 bits per heavy atom. The zero-order valence-corrected chi connectivity index (χ0v) is 18.3. The summed E-state index contributed by atoms with van der Waals surface area (Å²) < 4.78 is 10.2. The van der Waals surface area contributed by atoms with Crippen LogP contribution in [0.5, 0.6) is 5.75 Å². The van der Waals surface area contributed by atoms with Gasteiger partial charge in [0.2, 0.25) is 5.91 Å². The van der Waals surface area contributed by atoms with Gasteiger partial charge in [-0.05, 0) is 44.9 Å². The highest BCUT2D eigenvalue weighted by atomic mass is 16.5. The van der Waals surface area contributed by atoms with Crippen molar-refractivity contribution in [1.29, 1.82) is 0 Å². The summed E-state index contributed by atoms with van der Waals surface area (Å²) in [6.45, 7) is 2.21. The van der Waals surface area contributed by atoms with E-state index in [0.717, 1.165) is 58.0 Å². The third-order valence-electron chi connectivity index (χ3n) is 7.01. The first-order valence-corrected chi connectivity index (χ1v) is 11.1. The molecular weight excluding hydrogens is 400 g/mol. The normalized spacial score (nSPS) is 28.7. The van der Waals surface area contributed by atoms with E-state index in [9.17, 15) is 14.7 Å². The number of carbonyl (C=O) groups excluding carboxylic acids is 2. The Labute approximate surface area is 182 Å². The Kier molecular flexibility index (Phi) is 6.22. The fourth-order valence-electron chi connectivity index (χ4n) is 5.32. The van der Waals surface area contributed by atoms with Gasteiger partial charge in [0.1, 0.15) is 0 Å². The molecule has 4 rings (SSSR count). The topological polar surface area (TPSA) is 104 Å². The van der Waals surface area contributed by atoms with Crippen LogP contribution in [0.15, 0.2) is 12.3 Å². The molecule has 2 N–H and O–H groups in total. The van der Waals surface area contributed by atoms with E-state index in [2.05, 4.69) is 24.8 Å². The van der Waals surface area contributed by atoms with Crippen molar-refractivity contribution >= 4 is 23.5 Å². The van der Waals surface area contributed by atoms with Crippen LogP contribution in [0.4, 0.5) is 16.3 Å². The van der Waals surface area contributed by atoms with E-state index >= 15 is 0 Å². The monoisotopic (exact) mass is 432 g/mol. The van der Waals surface area contributed by atoms with Crippen molar-refractivity contribution in [2.24, 2.45) is 5.41 Å². The van der Waals surface area contributed by atoms with Crippen LogP contribution >= 0.6 is 0 Å². The number of ether oxygens (including phenoxy) is 2. The van der Waals surface area contributed by atoms with Crippen molar-refractivity contribution in [1.82, 2.24) is 9.88 Å². The number of nitrogens with one attached hydrogen (secondary N) is 1. The average Bonchev–Trinajstić information content (AvgIpc) is 3.09. The lowest BCUT2D eigenvalue weighted by Crippen LogP contribution is -2.50. The lowest BCUT2D eigenvalue weighted by Gasteiger charge is -2.41. The van der Waals surface area contributed by atoms with Crippen molar-refractivity contribution in [2.75, 3.05) is 44.1 Å². The number of piperidine rings is 1. The molecule has 9 nitrogen and oxygen atoms in total. The summed E-state index contributed by atoms with van der Waals surface area (Å²) in [5.74, 6) is 1.49. The molecule has 1 aromatic rings. The van der Waals surface area contributed by atoms with Crippen LogP contribution in [0.1, 0.15) is 44.9 Å². The first-order chi connectivity index (χ1) is 15.0. The van der Waals surface area contributed by atoms with E-state index in [-0.39, 0.29) is 23.5 Å². The van der Waals surface area contributed by atoms with Gasteiger partial charge < -0.3 is 24.4 Å². The summed E-state index contributed by atoms with van der Waals surface area (Å²) in [5.41, 5.74) is 0.103. The minimum atomic E-state index is -0.569. The Bertz CT molecular complexity index is 826. The molecule has 170 valence electrons. The smallest absolute Gasteiger partial charge is 0.411 e. The fourth-order valence-corrected chi connectivity index (χ4v) is 5.32. The summed E-state index contributed by atoms with van der Waals surface area (Å²) in [6.07, 6.45) is 6.77. The molecule has 1 aliphatic carbocycles. The number of carbonyl (C=O) groups is 2. The molecule has 2 aliphatic heterocycles. The van der Waals surface area contributed by atoms with Crippen LogP contribution in [-0.2, 0) is 9.53 Å². The molecular formula is C22H32N4O5. The maximum absolute atomic E-state index is 13.5. The summed E-state index contributed by atoms with van der Waals surface area (Å²) in [6, 6.07) is 1.97. The summed E-state index contributed by atoms with van der Waals surface area (Å²) in [7, 11) is 2.88. The highest BCUT2D eigenvalue weighted by molar-refractivity contribution is 5.87. The number of rotatable bonds is 4. The number of amides is 2. The molecule has 0 radical (unpaired) electrons. The second-order valence-corrected chi connectivity index (χ2v) is 8.88. The molecule has 1 saturated carbocycles. The van der Waals surface area contributed by atoms with Gasteiger partial charge >= 0.3 is 6.09 Å². The van der Waals surface area contributed by atoms with Gasteiger partial charge in [-0.1, -0.05) is 0 Å². The number of hydrogen-bond acceptors (Lipinski definition) is 7. The Morgan fingerprint density at radius 3 is 2.71 bits per heavy atom. The maximum atomic E-state index is 13.5. The van der Waals surface area contributed by atoms with Crippen LogP contribution in [0.3, 0.4) is 0 Å². The number of likely N-dealkylation sites (tertiary alicyclic amines) is 1. The molecule has 0 unspecified atom stereocenters. The zero-order chi connectivity index (χ0) is 22.0. The Morgan fingerprint density at radius 1 is 1.23 bits per heavy atom. The van der Waals surface area contributed by atoms with Crippen molar-refractivity contribution in [3.63, 3.8) is 0 Å². The molecule has 3 aliphatic rings. The first kappa shape index (κ1) is 21.7. The second kappa shape index (κ2) is 8.90. The number of nitrogens with zero attached hydrogens (tertiary/aromatic N) is 3. The molecule has 0 bridgehead atoms. The van der Waals surface area contributed by atoms with E-state index in [1.807, 2.05) is 0 Å². The number of pyridine rings is 1. The van der Waals surface area contributed by atoms with E-state index < -0.39 is 6.09 Å². The largest absolute Gasteiger partial charge is 0.493 e. The molecule has 9 heteroatoms. The third-order valence-corrected chi connectivity index (χ3v) is 7.01. The standard InChI is InChI=1S/C22H32N4O5/c1-30-18-12-15(24-21(29)31-2)13-23-19(18)25-10-3-8-22(14-25)9-11-26(20(22)28)16-4-6-17(27)7-5-16/h12-13,16-17,27H,3-11,14H2,1-2H3,(H,24,29)/t16-,17+,22-/m1/s1. The molecule has 3 heterocycles. The van der Waals surface area contributed by atoms with Gasteiger partial charge in [-0.3, -0.25) is 10.1 Å². The third kappa shape index (κ3) is 4.28. The van der Waals surface area contributed by atoms with Crippen LogP contribution < -0.4 is 15.0 Å². The number of methoxy groups -OCH3 is 2. The molecule has 0 aromatic carbocycles. The van der Waals surface area contributed by atoms with Gasteiger partial charge in [-0.2, -0.15) is 0 Å². The van der Waals surface area contributed by atoms with Crippen LogP contribution in [0, 0.1) is 5.41 Å². The van der Waals surface area contributed by atoms with Crippen molar-refractivity contribution in [3.8, 4) is 5.75 Å². The summed E-state index contributed by atoms with van der Waals surface area (Å²) >= 11 is 0. The lowest BCUT2D eigenvalue weighted by atomic mass is 9.78. The number of hydrogen-bond donors (Lipinski definition) is 2. The molecule has 3 fully saturated rings. The van der Waals surface area contributed by atoms with Crippen molar-refractivity contribution < 1.29 is 24.2 Å². The Balaban J connectivity index is 1.49. The van der Waals surface area contributed by atoms with Gasteiger partial charge in [-0.25, -0.2) is 9.78 Å².